The van der Waals surface area contributed by atoms with Gasteiger partial charge in [0.05, 0.1) is 23.0 Å². The van der Waals surface area contributed by atoms with Gasteiger partial charge in [0.25, 0.3) is 5.91 Å². The number of carbonyl (C=O) groups is 1. The summed E-state index contributed by atoms with van der Waals surface area (Å²) in [5.41, 5.74) is 9.68. The fourth-order valence-electron chi connectivity index (χ4n) is 1.93. The zero-order chi connectivity index (χ0) is 17.5. The lowest BCUT2D eigenvalue weighted by Crippen LogP contribution is -2.17. The highest BCUT2D eigenvalue weighted by Gasteiger charge is 2.15. The Bertz CT molecular complexity index is 746. The van der Waals surface area contributed by atoms with Gasteiger partial charge >= 0.3 is 0 Å². The molecule has 128 valence electrons. The molecule has 1 heterocycles. The first-order valence-corrected chi connectivity index (χ1v) is 9.17. The number of nitrogen functional groups attached to an aromatic ring is 1. The average molecular weight is 411 g/mol. The molecule has 0 unspecified atom stereocenters. The van der Waals surface area contributed by atoms with Crippen LogP contribution in [0.1, 0.15) is 41.2 Å². The predicted molar refractivity (Wildman–Crippen MR) is 101 cm³/mol. The van der Waals surface area contributed by atoms with Gasteiger partial charge in [0.15, 0.2) is 5.13 Å². The second-order valence-corrected chi connectivity index (χ2v) is 6.80. The number of benzene rings is 1. The van der Waals surface area contributed by atoms with Gasteiger partial charge in [-0.05, 0) is 52.5 Å². The summed E-state index contributed by atoms with van der Waals surface area (Å²) >= 11 is 4.62. The Morgan fingerprint density at radius 2 is 2.29 bits per heavy atom. The lowest BCUT2D eigenvalue weighted by molar-refractivity contribution is 0.0958. The van der Waals surface area contributed by atoms with E-state index in [-0.39, 0.29) is 5.91 Å². The van der Waals surface area contributed by atoms with Crippen molar-refractivity contribution in [2.45, 2.75) is 26.7 Å². The van der Waals surface area contributed by atoms with Crippen molar-refractivity contribution in [1.82, 2.24) is 10.4 Å². The number of amides is 1. The van der Waals surface area contributed by atoms with Crippen molar-refractivity contribution in [2.24, 2.45) is 5.10 Å². The summed E-state index contributed by atoms with van der Waals surface area (Å²) in [6.45, 7) is 4.65. The number of halogens is 1. The van der Waals surface area contributed by atoms with Crippen LogP contribution in [-0.2, 0) is 6.42 Å². The Morgan fingerprint density at radius 3 is 2.96 bits per heavy atom. The number of hydrazone groups is 1. The molecule has 0 radical (unpaired) electrons. The molecule has 8 heteroatoms. The Labute approximate surface area is 153 Å². The summed E-state index contributed by atoms with van der Waals surface area (Å²) in [5.74, 6) is 0.477. The number of nitrogens with two attached hydrogens (primary N) is 1. The number of aromatic nitrogens is 1. The Morgan fingerprint density at radius 1 is 1.50 bits per heavy atom. The SMILES string of the molecule is CCCOc1ccc(/C=N\NC(=O)c2sc(N)nc2CC)cc1Br. The number of carbonyl (C=O) groups excluding carboxylic acids is 1. The van der Waals surface area contributed by atoms with Crippen molar-refractivity contribution < 1.29 is 9.53 Å². The van der Waals surface area contributed by atoms with Gasteiger partial charge in [-0.2, -0.15) is 5.10 Å². The fourth-order valence-corrected chi connectivity index (χ4v) is 3.25. The number of hydrogen-bond acceptors (Lipinski definition) is 6. The molecule has 0 aliphatic heterocycles. The molecule has 2 aromatic rings. The minimum Gasteiger partial charge on any atom is -0.492 e. The standard InChI is InChI=1S/C16H19BrN4O2S/c1-3-7-23-13-6-5-10(8-11(13)17)9-19-21-15(22)14-12(4-2)20-16(18)24-14/h5-6,8-9H,3-4,7H2,1-2H3,(H2,18,20)(H,21,22)/b19-9-. The van der Waals surface area contributed by atoms with E-state index in [1.165, 1.54) is 0 Å². The molecule has 0 fully saturated rings. The fraction of sp³-hybridized carbons (Fsp3) is 0.312. The van der Waals surface area contributed by atoms with Gasteiger partial charge in [-0.1, -0.05) is 25.2 Å². The van der Waals surface area contributed by atoms with E-state index in [9.17, 15) is 4.79 Å². The molecule has 0 bridgehead atoms. The zero-order valence-corrected chi connectivity index (χ0v) is 15.9. The lowest BCUT2D eigenvalue weighted by Gasteiger charge is -2.07. The topological polar surface area (TPSA) is 89.6 Å². The van der Waals surface area contributed by atoms with Crippen molar-refractivity contribution in [3.05, 3.63) is 38.8 Å². The molecule has 1 aromatic carbocycles. The normalized spacial score (nSPS) is 11.0. The van der Waals surface area contributed by atoms with Gasteiger partial charge in [-0.3, -0.25) is 4.79 Å². The molecule has 0 aliphatic rings. The maximum Gasteiger partial charge on any atom is 0.283 e. The lowest BCUT2D eigenvalue weighted by atomic mass is 10.2. The zero-order valence-electron chi connectivity index (χ0n) is 13.5. The van der Waals surface area contributed by atoms with Crippen LogP contribution in [0.2, 0.25) is 0 Å². The van der Waals surface area contributed by atoms with E-state index in [1.54, 1.807) is 6.21 Å². The van der Waals surface area contributed by atoms with Crippen LogP contribution in [0, 0.1) is 0 Å². The molecular weight excluding hydrogens is 392 g/mol. The maximum absolute atomic E-state index is 12.1. The Hall–Kier alpha value is -1.93. The average Bonchev–Trinajstić information content (AvgIpc) is 2.95. The Kier molecular flexibility index (Phi) is 6.74. The summed E-state index contributed by atoms with van der Waals surface area (Å²) in [5, 5.41) is 4.37. The number of aryl methyl sites for hydroxylation is 1. The Balaban J connectivity index is 2.00. The highest BCUT2D eigenvalue weighted by molar-refractivity contribution is 9.10. The number of nitrogens with one attached hydrogen (secondary N) is 1. The first-order chi connectivity index (χ1) is 11.5. The summed E-state index contributed by atoms with van der Waals surface area (Å²) < 4.78 is 6.43. The van der Waals surface area contributed by atoms with Crippen molar-refractivity contribution in [3.8, 4) is 5.75 Å². The van der Waals surface area contributed by atoms with E-state index >= 15 is 0 Å². The minimum atomic E-state index is -0.306. The third kappa shape index (κ3) is 4.78. The van der Waals surface area contributed by atoms with E-state index in [0.717, 1.165) is 33.5 Å². The molecule has 24 heavy (non-hydrogen) atoms. The third-order valence-electron chi connectivity index (χ3n) is 3.05. The second kappa shape index (κ2) is 8.79. The first-order valence-electron chi connectivity index (χ1n) is 7.56. The van der Waals surface area contributed by atoms with E-state index < -0.39 is 0 Å². The monoisotopic (exact) mass is 410 g/mol. The number of thiazole rings is 1. The van der Waals surface area contributed by atoms with Gasteiger partial charge in [0.2, 0.25) is 0 Å². The molecule has 0 atom stereocenters. The number of rotatable bonds is 7. The number of ether oxygens (including phenoxy) is 1. The van der Waals surface area contributed by atoms with E-state index in [1.807, 2.05) is 25.1 Å². The van der Waals surface area contributed by atoms with Crippen LogP contribution in [0.4, 0.5) is 5.13 Å². The smallest absolute Gasteiger partial charge is 0.283 e. The van der Waals surface area contributed by atoms with Gasteiger partial charge in [-0.15, -0.1) is 0 Å². The number of anilines is 1. The van der Waals surface area contributed by atoms with E-state index in [4.69, 9.17) is 10.5 Å². The van der Waals surface area contributed by atoms with Gasteiger partial charge < -0.3 is 10.5 Å². The first kappa shape index (κ1) is 18.4. The molecule has 0 saturated carbocycles. The van der Waals surface area contributed by atoms with Crippen LogP contribution >= 0.6 is 27.3 Å². The second-order valence-electron chi connectivity index (χ2n) is 4.92. The maximum atomic E-state index is 12.1. The van der Waals surface area contributed by atoms with E-state index in [2.05, 4.69) is 38.4 Å². The molecule has 0 spiro atoms. The third-order valence-corrected chi connectivity index (χ3v) is 4.60. The molecule has 2 rings (SSSR count). The molecule has 1 aromatic heterocycles. The minimum absolute atomic E-state index is 0.306. The van der Waals surface area contributed by atoms with Crippen LogP contribution in [-0.4, -0.2) is 23.7 Å². The van der Waals surface area contributed by atoms with Crippen LogP contribution < -0.4 is 15.9 Å². The van der Waals surface area contributed by atoms with Crippen molar-refractivity contribution in [3.63, 3.8) is 0 Å². The van der Waals surface area contributed by atoms with Gasteiger partial charge in [0, 0.05) is 0 Å². The summed E-state index contributed by atoms with van der Waals surface area (Å²) in [6, 6.07) is 5.61. The molecule has 0 aliphatic carbocycles. The summed E-state index contributed by atoms with van der Waals surface area (Å²) in [6.07, 6.45) is 3.16. The molecular formula is C16H19BrN4O2S. The molecule has 6 nitrogen and oxygen atoms in total. The van der Waals surface area contributed by atoms with Crippen LogP contribution in [0.25, 0.3) is 0 Å². The molecule has 3 N–H and O–H groups in total. The highest BCUT2D eigenvalue weighted by atomic mass is 79.9. The van der Waals surface area contributed by atoms with Crippen LogP contribution in [0.15, 0.2) is 27.8 Å². The predicted octanol–water partition coefficient (Wildman–Crippen LogP) is 3.60. The largest absolute Gasteiger partial charge is 0.492 e. The van der Waals surface area contributed by atoms with Gasteiger partial charge in [-0.25, -0.2) is 10.4 Å². The van der Waals surface area contributed by atoms with Crippen LogP contribution in [0.5, 0.6) is 5.75 Å². The van der Waals surface area contributed by atoms with Gasteiger partial charge in [0.1, 0.15) is 10.6 Å². The number of hydrogen-bond donors (Lipinski definition) is 2. The quantitative estimate of drug-likeness (QED) is 0.538. The number of nitrogens with zero attached hydrogens (tertiary/aromatic N) is 2. The summed E-state index contributed by atoms with van der Waals surface area (Å²) in [7, 11) is 0. The van der Waals surface area contributed by atoms with Crippen LogP contribution in [0.3, 0.4) is 0 Å². The van der Waals surface area contributed by atoms with Crippen molar-refractivity contribution in [2.75, 3.05) is 12.3 Å². The van der Waals surface area contributed by atoms with Crippen molar-refractivity contribution in [1.29, 1.82) is 0 Å². The molecule has 0 saturated heterocycles. The van der Waals surface area contributed by atoms with E-state index in [0.29, 0.717) is 28.7 Å². The summed E-state index contributed by atoms with van der Waals surface area (Å²) in [4.78, 5) is 16.8. The highest BCUT2D eigenvalue weighted by Crippen LogP contribution is 2.25. The molecule has 1 amide bonds. The van der Waals surface area contributed by atoms with Crippen molar-refractivity contribution >= 4 is 44.5 Å².